The molecular formula is C23H31F2N7O3S. The summed E-state index contributed by atoms with van der Waals surface area (Å²) in [7, 11) is -3.74. The number of carbonyl (C=O) groups excluding carboxylic acids is 1. The molecule has 3 N–H and O–H groups in total. The van der Waals surface area contributed by atoms with Crippen LogP contribution in [-0.4, -0.2) is 70.9 Å². The summed E-state index contributed by atoms with van der Waals surface area (Å²) in [4.78, 5) is 19.8. The van der Waals surface area contributed by atoms with Gasteiger partial charge in [0.25, 0.3) is 16.1 Å². The van der Waals surface area contributed by atoms with Crippen LogP contribution in [0, 0.1) is 0 Å². The van der Waals surface area contributed by atoms with Crippen molar-refractivity contribution in [3.05, 3.63) is 47.7 Å². The molecule has 1 aromatic rings. The average Bonchev–Trinajstić information content (AvgIpc) is 3.48. The molecule has 4 heterocycles. The SMILES string of the molecule is C=C/C(F)=C(\C=C(/C)F)[C@H]1CCCN1C1=Nc2c(C(=O)NC3CCN(S(N)(=O)=O)CC3)cnn2CC1. The molecule has 2 fully saturated rings. The second kappa shape index (κ2) is 10.6. The molecule has 0 spiro atoms. The minimum absolute atomic E-state index is 0.202. The number of amides is 1. The molecule has 3 aliphatic heterocycles. The molecule has 0 saturated carbocycles. The number of likely N-dealkylation sites (tertiary alicyclic amines) is 1. The van der Waals surface area contributed by atoms with Gasteiger partial charge in [-0.1, -0.05) is 6.58 Å². The van der Waals surface area contributed by atoms with Crippen LogP contribution in [0.2, 0.25) is 0 Å². The summed E-state index contributed by atoms with van der Waals surface area (Å²) in [5, 5.41) is 12.4. The average molecular weight is 524 g/mol. The maximum absolute atomic E-state index is 14.6. The van der Waals surface area contributed by atoms with Gasteiger partial charge < -0.3 is 10.2 Å². The molecule has 10 nitrogen and oxygen atoms in total. The summed E-state index contributed by atoms with van der Waals surface area (Å²) in [6, 6.07) is -0.588. The van der Waals surface area contributed by atoms with E-state index in [4.69, 9.17) is 10.1 Å². The number of allylic oxidation sites excluding steroid dienone is 3. The van der Waals surface area contributed by atoms with Crippen LogP contribution in [0.3, 0.4) is 0 Å². The largest absolute Gasteiger partial charge is 0.353 e. The molecule has 36 heavy (non-hydrogen) atoms. The van der Waals surface area contributed by atoms with Gasteiger partial charge in [0.15, 0.2) is 5.82 Å². The Labute approximate surface area is 209 Å². The summed E-state index contributed by atoms with van der Waals surface area (Å²) in [6.07, 6.45) is 6.62. The Bertz CT molecular complexity index is 1230. The van der Waals surface area contributed by atoms with E-state index in [1.807, 2.05) is 4.90 Å². The van der Waals surface area contributed by atoms with Gasteiger partial charge in [0, 0.05) is 37.7 Å². The lowest BCUT2D eigenvalue weighted by Gasteiger charge is -2.31. The topological polar surface area (TPSA) is 126 Å². The predicted octanol–water partition coefficient (Wildman–Crippen LogP) is 2.46. The molecule has 196 valence electrons. The second-order valence-corrected chi connectivity index (χ2v) is 10.7. The van der Waals surface area contributed by atoms with E-state index in [-0.39, 0.29) is 36.7 Å². The zero-order valence-corrected chi connectivity index (χ0v) is 21.0. The first-order valence-electron chi connectivity index (χ1n) is 11.9. The van der Waals surface area contributed by atoms with Crippen molar-refractivity contribution >= 4 is 27.8 Å². The first kappa shape index (κ1) is 26.2. The summed E-state index contributed by atoms with van der Waals surface area (Å²) in [5.41, 5.74) is 0.539. The molecular weight excluding hydrogens is 492 g/mol. The van der Waals surface area contributed by atoms with Gasteiger partial charge in [0.05, 0.1) is 24.6 Å². The summed E-state index contributed by atoms with van der Waals surface area (Å²) in [5.74, 6) is -0.304. The van der Waals surface area contributed by atoms with Crippen molar-refractivity contribution in [3.8, 4) is 0 Å². The molecule has 1 amide bonds. The minimum atomic E-state index is -3.74. The fraction of sp³-hybridized carbons (Fsp3) is 0.522. The van der Waals surface area contributed by atoms with E-state index in [2.05, 4.69) is 17.0 Å². The molecule has 3 aliphatic rings. The number of piperidine rings is 1. The Morgan fingerprint density at radius 1 is 1.22 bits per heavy atom. The van der Waals surface area contributed by atoms with Crippen LogP contribution in [-0.2, 0) is 16.8 Å². The Balaban J connectivity index is 1.53. The Hall–Kier alpha value is -2.90. The first-order chi connectivity index (χ1) is 17.1. The highest BCUT2D eigenvalue weighted by Crippen LogP contribution is 2.33. The molecule has 0 radical (unpaired) electrons. The highest BCUT2D eigenvalue weighted by molar-refractivity contribution is 7.86. The van der Waals surface area contributed by atoms with Crippen LogP contribution in [0.1, 0.15) is 49.4 Å². The maximum Gasteiger partial charge on any atom is 0.276 e. The van der Waals surface area contributed by atoms with E-state index in [0.29, 0.717) is 56.0 Å². The zero-order chi connectivity index (χ0) is 26.0. The number of aryl methyl sites for hydroxylation is 1. The molecule has 2 saturated heterocycles. The number of aliphatic imine (C=N–C) groups is 1. The lowest BCUT2D eigenvalue weighted by Crippen LogP contribution is -2.48. The van der Waals surface area contributed by atoms with Gasteiger partial charge in [-0.25, -0.2) is 23.6 Å². The van der Waals surface area contributed by atoms with Gasteiger partial charge in [-0.3, -0.25) is 4.79 Å². The number of nitrogens with zero attached hydrogens (tertiary/aromatic N) is 5. The Morgan fingerprint density at radius 3 is 2.58 bits per heavy atom. The highest BCUT2D eigenvalue weighted by atomic mass is 32.2. The number of hydrogen-bond acceptors (Lipinski definition) is 6. The summed E-state index contributed by atoms with van der Waals surface area (Å²) < 4.78 is 54.2. The van der Waals surface area contributed by atoms with E-state index in [9.17, 15) is 22.0 Å². The number of nitrogens with one attached hydrogen (secondary N) is 1. The molecule has 13 heteroatoms. The van der Waals surface area contributed by atoms with Gasteiger partial charge in [-0.15, -0.1) is 0 Å². The number of hydrogen-bond donors (Lipinski definition) is 2. The lowest BCUT2D eigenvalue weighted by molar-refractivity contribution is 0.0924. The molecule has 0 aromatic carbocycles. The standard InChI is InChI=1S/C23H31F2N7O3S/c1-3-19(25)17(13-15(2)24)20-5-4-9-31(20)21-8-12-32-22(29-21)18(14-27-32)23(33)28-16-6-10-30(11-7-16)36(26,34)35/h3,13-14,16,20H,1,4-12H2,2H3,(H,28,33)(H2,26,34,35)/b15-13+,19-17-/t20-/m1/s1. The van der Waals surface area contributed by atoms with Gasteiger partial charge in [0.1, 0.15) is 17.2 Å². The third kappa shape index (κ3) is 5.57. The number of fused-ring (bicyclic) bond motifs is 1. The lowest BCUT2D eigenvalue weighted by atomic mass is 10.0. The van der Waals surface area contributed by atoms with E-state index in [1.165, 1.54) is 23.5 Å². The van der Waals surface area contributed by atoms with Gasteiger partial charge >= 0.3 is 0 Å². The van der Waals surface area contributed by atoms with Crippen LogP contribution < -0.4 is 10.5 Å². The number of aromatic nitrogens is 2. The van der Waals surface area contributed by atoms with Gasteiger partial charge in [-0.05, 0) is 44.8 Å². The fourth-order valence-corrected chi connectivity index (χ4v) is 5.71. The van der Waals surface area contributed by atoms with Crippen LogP contribution in [0.15, 0.2) is 47.1 Å². The van der Waals surface area contributed by atoms with Gasteiger partial charge in [0.2, 0.25) is 0 Å². The quantitative estimate of drug-likeness (QED) is 0.554. The monoisotopic (exact) mass is 523 g/mol. The second-order valence-electron chi connectivity index (χ2n) is 9.16. The van der Waals surface area contributed by atoms with Crippen molar-refractivity contribution in [2.24, 2.45) is 10.1 Å². The molecule has 1 aromatic heterocycles. The summed E-state index contributed by atoms with van der Waals surface area (Å²) in [6.45, 7) is 6.36. The van der Waals surface area contributed by atoms with E-state index < -0.39 is 21.9 Å². The van der Waals surface area contributed by atoms with Crippen molar-refractivity contribution in [2.45, 2.75) is 57.7 Å². The molecule has 4 rings (SSSR count). The van der Waals surface area contributed by atoms with Crippen molar-refractivity contribution in [1.29, 1.82) is 0 Å². The predicted molar refractivity (Wildman–Crippen MR) is 132 cm³/mol. The smallest absolute Gasteiger partial charge is 0.276 e. The fourth-order valence-electron chi connectivity index (χ4n) is 4.99. The van der Waals surface area contributed by atoms with Crippen LogP contribution in [0.5, 0.6) is 0 Å². The third-order valence-electron chi connectivity index (χ3n) is 6.74. The number of nitrogens with two attached hydrogens (primary N) is 1. The number of amidine groups is 1. The van der Waals surface area contributed by atoms with Crippen molar-refractivity contribution in [2.75, 3.05) is 19.6 Å². The van der Waals surface area contributed by atoms with Gasteiger partial charge in [-0.2, -0.15) is 17.8 Å². The number of halogens is 2. The van der Waals surface area contributed by atoms with E-state index in [0.717, 1.165) is 12.5 Å². The van der Waals surface area contributed by atoms with E-state index >= 15 is 0 Å². The van der Waals surface area contributed by atoms with Crippen LogP contribution in [0.25, 0.3) is 0 Å². The Morgan fingerprint density at radius 2 is 1.94 bits per heavy atom. The molecule has 1 atom stereocenters. The Kier molecular flexibility index (Phi) is 7.71. The molecule has 0 unspecified atom stereocenters. The maximum atomic E-state index is 14.6. The van der Waals surface area contributed by atoms with Crippen molar-refractivity contribution in [3.63, 3.8) is 0 Å². The minimum Gasteiger partial charge on any atom is -0.353 e. The number of rotatable bonds is 6. The van der Waals surface area contributed by atoms with Crippen LogP contribution in [0.4, 0.5) is 14.6 Å². The van der Waals surface area contributed by atoms with Crippen LogP contribution >= 0.6 is 0 Å². The zero-order valence-electron chi connectivity index (χ0n) is 20.2. The molecule has 0 aliphatic carbocycles. The molecule has 0 bridgehead atoms. The highest BCUT2D eigenvalue weighted by Gasteiger charge is 2.34. The van der Waals surface area contributed by atoms with Crippen molar-refractivity contribution in [1.82, 2.24) is 24.3 Å². The normalized spacial score (nSPS) is 22.7. The number of carbonyl (C=O) groups is 1. The third-order valence-corrected chi connectivity index (χ3v) is 7.83. The summed E-state index contributed by atoms with van der Waals surface area (Å²) >= 11 is 0. The first-order valence-corrected chi connectivity index (χ1v) is 13.4. The van der Waals surface area contributed by atoms with E-state index in [1.54, 1.807) is 4.68 Å². The van der Waals surface area contributed by atoms with Crippen molar-refractivity contribution < 1.29 is 22.0 Å².